The number of benzene rings is 1. The zero-order valence-electron chi connectivity index (χ0n) is 11.2. The Balaban J connectivity index is 2.03. The second kappa shape index (κ2) is 5.07. The third-order valence-corrected chi connectivity index (χ3v) is 5.54. The quantitative estimate of drug-likeness (QED) is 0.843. The highest BCUT2D eigenvalue weighted by molar-refractivity contribution is 8.15. The first-order chi connectivity index (χ1) is 9.61. The van der Waals surface area contributed by atoms with Crippen LogP contribution < -0.4 is 0 Å². The Morgan fingerprint density at radius 3 is 2.55 bits per heavy atom. The molecule has 0 aliphatic carbocycles. The van der Waals surface area contributed by atoms with Gasteiger partial charge < -0.3 is 0 Å². The summed E-state index contributed by atoms with van der Waals surface area (Å²) in [6, 6.07) is 14.1. The van der Waals surface area contributed by atoms with E-state index in [1.807, 2.05) is 54.8 Å². The summed E-state index contributed by atoms with van der Waals surface area (Å²) in [7, 11) is 0. The molecular formula is C15H14N2OS2. The Kier molecular flexibility index (Phi) is 3.40. The number of nitrogens with zero attached hydrogens (tertiary/aromatic N) is 2. The summed E-state index contributed by atoms with van der Waals surface area (Å²) in [6.45, 7) is 3.60. The molecule has 0 radical (unpaired) electrons. The molecule has 1 aliphatic rings. The number of hydrogen-bond donors (Lipinski definition) is 0. The zero-order chi connectivity index (χ0) is 14.2. The van der Waals surface area contributed by atoms with Gasteiger partial charge >= 0.3 is 0 Å². The maximum atomic E-state index is 12.0. The highest BCUT2D eigenvalue weighted by atomic mass is 32.2. The smallest absolute Gasteiger partial charge is 0.241 e. The first kappa shape index (κ1) is 13.4. The van der Waals surface area contributed by atoms with Gasteiger partial charge in [0.25, 0.3) is 0 Å². The fraction of sp³-hybridized carbons (Fsp3) is 0.200. The Labute approximate surface area is 126 Å². The number of thioether (sulfide) groups is 1. The van der Waals surface area contributed by atoms with E-state index >= 15 is 0 Å². The van der Waals surface area contributed by atoms with Crippen LogP contribution in [0.1, 0.15) is 24.3 Å². The molecule has 0 N–H and O–H groups in total. The number of rotatable bonds is 2. The molecule has 1 aromatic carbocycles. The maximum absolute atomic E-state index is 12.0. The fourth-order valence-electron chi connectivity index (χ4n) is 2.24. The van der Waals surface area contributed by atoms with Crippen molar-refractivity contribution in [2.45, 2.75) is 18.7 Å². The normalized spacial score (nSPS) is 21.9. The predicted molar refractivity (Wildman–Crippen MR) is 84.8 cm³/mol. The van der Waals surface area contributed by atoms with Crippen LogP contribution in [0.25, 0.3) is 0 Å². The molecule has 0 bridgehead atoms. The molecule has 3 rings (SSSR count). The lowest BCUT2D eigenvalue weighted by Crippen LogP contribution is -2.37. The predicted octanol–water partition coefficient (Wildman–Crippen LogP) is 3.88. The first-order valence-electron chi connectivity index (χ1n) is 6.29. The van der Waals surface area contributed by atoms with Crippen LogP contribution >= 0.6 is 23.1 Å². The van der Waals surface area contributed by atoms with Gasteiger partial charge in [-0.1, -0.05) is 48.2 Å². The van der Waals surface area contributed by atoms with Crippen LogP contribution in [0.2, 0.25) is 0 Å². The van der Waals surface area contributed by atoms with E-state index < -0.39 is 4.87 Å². The summed E-state index contributed by atoms with van der Waals surface area (Å²) < 4.78 is 0. The lowest BCUT2D eigenvalue weighted by atomic mass is 10.1. The van der Waals surface area contributed by atoms with Crippen molar-refractivity contribution in [1.29, 1.82) is 0 Å². The fourth-order valence-corrected chi connectivity index (χ4v) is 4.29. The molecule has 3 nitrogen and oxygen atoms in total. The van der Waals surface area contributed by atoms with Gasteiger partial charge in [-0.3, -0.25) is 4.79 Å². The molecule has 2 aromatic rings. The summed E-state index contributed by atoms with van der Waals surface area (Å²) in [5, 5.41) is 9.05. The Morgan fingerprint density at radius 2 is 1.95 bits per heavy atom. The number of amides is 1. The van der Waals surface area contributed by atoms with Crippen molar-refractivity contribution in [3.05, 3.63) is 58.3 Å². The van der Waals surface area contributed by atoms with E-state index in [1.165, 1.54) is 0 Å². The van der Waals surface area contributed by atoms with Crippen LogP contribution in [-0.4, -0.2) is 16.0 Å². The average Bonchev–Trinajstić information content (AvgIpc) is 3.07. The van der Waals surface area contributed by atoms with Crippen molar-refractivity contribution in [3.8, 4) is 0 Å². The minimum absolute atomic E-state index is 0.0459. The second-order valence-corrected chi connectivity index (χ2v) is 7.00. The molecule has 1 aliphatic heterocycles. The molecule has 20 heavy (non-hydrogen) atoms. The maximum Gasteiger partial charge on any atom is 0.241 e. The van der Waals surface area contributed by atoms with E-state index in [9.17, 15) is 4.79 Å². The van der Waals surface area contributed by atoms with Crippen LogP contribution in [0.15, 0.2) is 52.9 Å². The zero-order valence-corrected chi connectivity index (χ0v) is 12.9. The Bertz CT molecular complexity index is 652. The molecule has 5 heteroatoms. The van der Waals surface area contributed by atoms with Crippen LogP contribution in [0.4, 0.5) is 0 Å². The molecule has 1 atom stereocenters. The van der Waals surface area contributed by atoms with Crippen molar-refractivity contribution in [2.75, 3.05) is 0 Å². The SMILES string of the molecule is CC(=O)N1N=C(c2cccs2)SC1(C)c1ccccc1. The van der Waals surface area contributed by atoms with Gasteiger partial charge in [-0.25, -0.2) is 5.01 Å². The second-order valence-electron chi connectivity index (χ2n) is 4.66. The average molecular weight is 302 g/mol. The molecule has 0 saturated heterocycles. The van der Waals surface area contributed by atoms with Gasteiger partial charge in [-0.2, -0.15) is 5.10 Å². The minimum Gasteiger partial charge on any atom is -0.273 e. The summed E-state index contributed by atoms with van der Waals surface area (Å²) in [5.74, 6) is -0.0459. The van der Waals surface area contributed by atoms with Gasteiger partial charge in [0.15, 0.2) is 0 Å². The van der Waals surface area contributed by atoms with Crippen molar-refractivity contribution in [3.63, 3.8) is 0 Å². The number of carbonyl (C=O) groups is 1. The van der Waals surface area contributed by atoms with Crippen LogP contribution in [0.5, 0.6) is 0 Å². The molecule has 0 saturated carbocycles. The minimum atomic E-state index is -0.480. The standard InChI is InChI=1S/C15H14N2OS2/c1-11(18)17-15(2,12-7-4-3-5-8-12)20-14(16-17)13-9-6-10-19-13/h3-10H,1-2H3. The highest BCUT2D eigenvalue weighted by Gasteiger charge is 2.43. The van der Waals surface area contributed by atoms with Crippen LogP contribution in [0, 0.1) is 0 Å². The van der Waals surface area contributed by atoms with Crippen LogP contribution in [0.3, 0.4) is 0 Å². The molecule has 1 amide bonds. The molecule has 102 valence electrons. The largest absolute Gasteiger partial charge is 0.273 e. The van der Waals surface area contributed by atoms with Crippen molar-refractivity contribution in [1.82, 2.24) is 5.01 Å². The summed E-state index contributed by atoms with van der Waals surface area (Å²) in [4.78, 5) is 12.6. The number of thiophene rings is 1. The van der Waals surface area contributed by atoms with E-state index in [1.54, 1.807) is 35.0 Å². The first-order valence-corrected chi connectivity index (χ1v) is 7.99. The van der Waals surface area contributed by atoms with Gasteiger partial charge in [-0.05, 0) is 23.9 Å². The third-order valence-electron chi connectivity index (χ3n) is 3.23. The summed E-state index contributed by atoms with van der Waals surface area (Å²) in [6.07, 6.45) is 0. The van der Waals surface area contributed by atoms with Crippen molar-refractivity contribution in [2.24, 2.45) is 5.10 Å². The Hall–Kier alpha value is -1.59. The van der Waals surface area contributed by atoms with Gasteiger partial charge in [0.2, 0.25) is 5.91 Å². The molecular weight excluding hydrogens is 288 g/mol. The van der Waals surface area contributed by atoms with Gasteiger partial charge in [0.05, 0.1) is 4.88 Å². The molecule has 1 aromatic heterocycles. The number of hydrazone groups is 1. The van der Waals surface area contributed by atoms with Gasteiger partial charge in [-0.15, -0.1) is 11.3 Å². The lowest BCUT2D eigenvalue weighted by molar-refractivity contribution is -0.131. The summed E-state index contributed by atoms with van der Waals surface area (Å²) in [5.41, 5.74) is 1.08. The van der Waals surface area contributed by atoms with Gasteiger partial charge in [0, 0.05) is 6.92 Å². The molecule has 0 spiro atoms. The van der Waals surface area contributed by atoms with E-state index in [2.05, 4.69) is 5.10 Å². The number of carbonyl (C=O) groups excluding carboxylic acids is 1. The van der Waals surface area contributed by atoms with Crippen molar-refractivity contribution < 1.29 is 4.79 Å². The molecule has 0 fully saturated rings. The third kappa shape index (κ3) is 2.17. The number of hydrogen-bond acceptors (Lipinski definition) is 4. The lowest BCUT2D eigenvalue weighted by Gasteiger charge is -2.31. The molecule has 2 heterocycles. The van der Waals surface area contributed by atoms with E-state index in [0.29, 0.717) is 0 Å². The summed E-state index contributed by atoms with van der Waals surface area (Å²) >= 11 is 3.27. The highest BCUT2D eigenvalue weighted by Crippen LogP contribution is 2.47. The van der Waals surface area contributed by atoms with Crippen LogP contribution in [-0.2, 0) is 9.67 Å². The topological polar surface area (TPSA) is 32.7 Å². The molecule has 1 unspecified atom stereocenters. The van der Waals surface area contributed by atoms with E-state index in [4.69, 9.17) is 0 Å². The van der Waals surface area contributed by atoms with E-state index in [0.717, 1.165) is 15.5 Å². The van der Waals surface area contributed by atoms with Crippen molar-refractivity contribution >= 4 is 34.0 Å². The monoisotopic (exact) mass is 302 g/mol. The van der Waals surface area contributed by atoms with Gasteiger partial charge in [0.1, 0.15) is 9.91 Å². The van der Waals surface area contributed by atoms with E-state index in [-0.39, 0.29) is 5.91 Å². The Morgan fingerprint density at radius 1 is 1.20 bits per heavy atom.